The number of carboxylic acid groups (broad SMARTS) is 1. The van der Waals surface area contributed by atoms with E-state index in [1.807, 2.05) is 13.8 Å². The van der Waals surface area contributed by atoms with Crippen molar-refractivity contribution in [2.45, 2.75) is 26.3 Å². The monoisotopic (exact) mass is 314 g/mol. The van der Waals surface area contributed by atoms with Gasteiger partial charge in [-0.2, -0.15) is 0 Å². The Morgan fingerprint density at radius 2 is 2.05 bits per heavy atom. The molecule has 6 nitrogen and oxygen atoms in total. The number of aromatic carboxylic acids is 1. The summed E-state index contributed by atoms with van der Waals surface area (Å²) in [5.41, 5.74) is 0.00743. The summed E-state index contributed by atoms with van der Waals surface area (Å²) in [6, 6.07) is 4.00. The van der Waals surface area contributed by atoms with Crippen molar-refractivity contribution in [1.82, 2.24) is 4.90 Å². The SMILES string of the molecule is CC(C)N(CCCO)C(=O)Nc1cccc(Cl)c1C(=O)O. The molecule has 1 aromatic carbocycles. The highest BCUT2D eigenvalue weighted by atomic mass is 35.5. The lowest BCUT2D eigenvalue weighted by Gasteiger charge is -2.27. The second kappa shape index (κ2) is 7.85. The smallest absolute Gasteiger partial charge is 0.339 e. The number of rotatable bonds is 6. The van der Waals surface area contributed by atoms with Crippen molar-refractivity contribution in [3.05, 3.63) is 28.8 Å². The average Bonchev–Trinajstić information content (AvgIpc) is 2.38. The summed E-state index contributed by atoms with van der Waals surface area (Å²) in [5, 5.41) is 20.7. The van der Waals surface area contributed by atoms with Crippen LogP contribution in [-0.2, 0) is 0 Å². The number of urea groups is 1. The van der Waals surface area contributed by atoms with E-state index in [9.17, 15) is 9.59 Å². The van der Waals surface area contributed by atoms with Crippen LogP contribution < -0.4 is 5.32 Å². The van der Waals surface area contributed by atoms with E-state index in [2.05, 4.69) is 5.32 Å². The molecule has 1 rings (SSSR count). The van der Waals surface area contributed by atoms with Crippen LogP contribution in [0.1, 0.15) is 30.6 Å². The molecule has 0 aliphatic carbocycles. The Balaban J connectivity index is 2.96. The number of benzene rings is 1. The first-order valence-corrected chi connectivity index (χ1v) is 6.96. The van der Waals surface area contributed by atoms with E-state index in [0.29, 0.717) is 13.0 Å². The number of nitrogens with zero attached hydrogens (tertiary/aromatic N) is 1. The van der Waals surface area contributed by atoms with Crippen LogP contribution in [0.15, 0.2) is 18.2 Å². The van der Waals surface area contributed by atoms with Gasteiger partial charge in [-0.25, -0.2) is 9.59 Å². The van der Waals surface area contributed by atoms with Crippen molar-refractivity contribution in [2.75, 3.05) is 18.5 Å². The Morgan fingerprint density at radius 3 is 2.57 bits per heavy atom. The van der Waals surface area contributed by atoms with Gasteiger partial charge in [-0.15, -0.1) is 0 Å². The Hall–Kier alpha value is -1.79. The minimum Gasteiger partial charge on any atom is -0.478 e. The molecule has 3 N–H and O–H groups in total. The van der Waals surface area contributed by atoms with Gasteiger partial charge in [0.1, 0.15) is 5.56 Å². The van der Waals surface area contributed by atoms with Crippen LogP contribution in [0.3, 0.4) is 0 Å². The Labute approximate surface area is 128 Å². The highest BCUT2D eigenvalue weighted by Crippen LogP contribution is 2.24. The third kappa shape index (κ3) is 4.61. The molecule has 1 aromatic rings. The van der Waals surface area contributed by atoms with E-state index in [1.54, 1.807) is 6.07 Å². The minimum atomic E-state index is -1.21. The number of amides is 2. The van der Waals surface area contributed by atoms with Gasteiger partial charge in [0, 0.05) is 19.2 Å². The summed E-state index contributed by atoms with van der Waals surface area (Å²) in [6.45, 7) is 4.04. The molecule has 0 fully saturated rings. The predicted octanol–water partition coefficient (Wildman–Crippen LogP) is 2.66. The molecule has 0 spiro atoms. The number of aliphatic hydroxyl groups is 1. The average molecular weight is 315 g/mol. The lowest BCUT2D eigenvalue weighted by Crippen LogP contribution is -2.41. The standard InChI is InChI=1S/C14H19ClN2O4/c1-9(2)17(7-4-8-18)14(21)16-11-6-3-5-10(15)12(11)13(19)20/h3,5-6,9,18H,4,7-8H2,1-2H3,(H,16,21)(H,19,20). The number of aliphatic hydroxyl groups excluding tert-OH is 1. The predicted molar refractivity (Wildman–Crippen MR) is 81.0 cm³/mol. The summed E-state index contributed by atoms with van der Waals surface area (Å²) in [6.07, 6.45) is 0.451. The molecule has 0 aliphatic heterocycles. The van der Waals surface area contributed by atoms with Crippen molar-refractivity contribution < 1.29 is 19.8 Å². The third-order valence-electron chi connectivity index (χ3n) is 2.91. The minimum absolute atomic E-state index is 0.0198. The van der Waals surface area contributed by atoms with Gasteiger partial charge in [-0.3, -0.25) is 0 Å². The maximum atomic E-state index is 12.2. The maximum absolute atomic E-state index is 12.2. The van der Waals surface area contributed by atoms with Crippen LogP contribution in [0, 0.1) is 0 Å². The molecule has 0 heterocycles. The summed E-state index contributed by atoms with van der Waals surface area (Å²) < 4.78 is 0. The Kier molecular flexibility index (Phi) is 6.45. The van der Waals surface area contributed by atoms with E-state index < -0.39 is 12.0 Å². The first-order chi connectivity index (χ1) is 9.88. The molecule has 0 atom stereocenters. The van der Waals surface area contributed by atoms with E-state index in [0.717, 1.165) is 0 Å². The zero-order chi connectivity index (χ0) is 16.0. The molecule has 0 bridgehead atoms. The van der Waals surface area contributed by atoms with E-state index >= 15 is 0 Å². The van der Waals surface area contributed by atoms with Crippen molar-refractivity contribution in [1.29, 1.82) is 0 Å². The largest absolute Gasteiger partial charge is 0.478 e. The molecule has 0 aliphatic rings. The fourth-order valence-electron chi connectivity index (χ4n) is 1.87. The fraction of sp³-hybridized carbons (Fsp3) is 0.429. The molecule has 7 heteroatoms. The second-order valence-corrected chi connectivity index (χ2v) is 5.17. The first kappa shape index (κ1) is 17.3. The molecular formula is C14H19ClN2O4. The Bertz CT molecular complexity index is 520. The Morgan fingerprint density at radius 1 is 1.38 bits per heavy atom. The summed E-state index contributed by atoms with van der Waals surface area (Å²) in [4.78, 5) is 25.0. The zero-order valence-corrected chi connectivity index (χ0v) is 12.7. The molecule has 0 saturated carbocycles. The number of halogens is 1. The lowest BCUT2D eigenvalue weighted by molar-refractivity contribution is 0.0698. The van der Waals surface area contributed by atoms with Gasteiger partial charge < -0.3 is 20.4 Å². The molecule has 0 radical (unpaired) electrons. The third-order valence-corrected chi connectivity index (χ3v) is 3.23. The number of nitrogens with one attached hydrogen (secondary N) is 1. The molecule has 21 heavy (non-hydrogen) atoms. The number of hydrogen-bond acceptors (Lipinski definition) is 3. The van der Waals surface area contributed by atoms with Crippen LogP contribution >= 0.6 is 11.6 Å². The first-order valence-electron chi connectivity index (χ1n) is 6.58. The molecule has 0 aromatic heterocycles. The molecule has 116 valence electrons. The second-order valence-electron chi connectivity index (χ2n) is 4.76. The van der Waals surface area contributed by atoms with Gasteiger partial charge in [-0.1, -0.05) is 17.7 Å². The number of carbonyl (C=O) groups excluding carboxylic acids is 1. The number of hydrogen-bond donors (Lipinski definition) is 3. The highest BCUT2D eigenvalue weighted by molar-refractivity contribution is 6.34. The zero-order valence-electron chi connectivity index (χ0n) is 12.0. The quantitative estimate of drug-likeness (QED) is 0.753. The highest BCUT2D eigenvalue weighted by Gasteiger charge is 2.20. The summed E-state index contributed by atoms with van der Waals surface area (Å²) in [7, 11) is 0. The van der Waals surface area contributed by atoms with Gasteiger partial charge in [0.25, 0.3) is 0 Å². The van der Waals surface area contributed by atoms with Gasteiger partial charge in [0.15, 0.2) is 0 Å². The van der Waals surface area contributed by atoms with E-state index in [-0.39, 0.29) is 28.9 Å². The molecule has 0 saturated heterocycles. The van der Waals surface area contributed by atoms with Gasteiger partial charge in [0.05, 0.1) is 10.7 Å². The van der Waals surface area contributed by atoms with Crippen LogP contribution in [0.25, 0.3) is 0 Å². The van der Waals surface area contributed by atoms with Crippen molar-refractivity contribution >= 4 is 29.3 Å². The molecule has 0 unspecified atom stereocenters. The number of carbonyl (C=O) groups is 2. The van der Waals surface area contributed by atoms with Crippen LogP contribution in [0.5, 0.6) is 0 Å². The normalized spacial score (nSPS) is 10.5. The van der Waals surface area contributed by atoms with Crippen molar-refractivity contribution in [3.63, 3.8) is 0 Å². The van der Waals surface area contributed by atoms with Crippen LogP contribution in [0.4, 0.5) is 10.5 Å². The lowest BCUT2D eigenvalue weighted by atomic mass is 10.2. The van der Waals surface area contributed by atoms with Crippen LogP contribution in [-0.4, -0.2) is 46.3 Å². The summed E-state index contributed by atoms with van der Waals surface area (Å²) >= 11 is 5.85. The van der Waals surface area contributed by atoms with Gasteiger partial charge in [-0.05, 0) is 32.4 Å². The molecule has 2 amide bonds. The van der Waals surface area contributed by atoms with Gasteiger partial charge >= 0.3 is 12.0 Å². The van der Waals surface area contributed by atoms with Crippen LogP contribution in [0.2, 0.25) is 5.02 Å². The fourth-order valence-corrected chi connectivity index (χ4v) is 2.12. The van der Waals surface area contributed by atoms with E-state index in [4.69, 9.17) is 21.8 Å². The molecular weight excluding hydrogens is 296 g/mol. The maximum Gasteiger partial charge on any atom is 0.339 e. The summed E-state index contributed by atoms with van der Waals surface area (Å²) in [5.74, 6) is -1.21. The topological polar surface area (TPSA) is 89.9 Å². The van der Waals surface area contributed by atoms with Gasteiger partial charge in [0.2, 0.25) is 0 Å². The van der Waals surface area contributed by atoms with Crippen molar-refractivity contribution in [2.24, 2.45) is 0 Å². The van der Waals surface area contributed by atoms with E-state index in [1.165, 1.54) is 17.0 Å². The van der Waals surface area contributed by atoms with Crippen molar-refractivity contribution in [3.8, 4) is 0 Å². The number of anilines is 1. The number of carboxylic acids is 1.